The molecule has 2 N–H and O–H groups in total. The maximum Gasteiger partial charge on any atom is 0.332 e. The summed E-state index contributed by atoms with van der Waals surface area (Å²) in [4.78, 5) is 28.6. The third-order valence-electron chi connectivity index (χ3n) is 4.72. The molecule has 144 valence electrons. The molecule has 2 atom stereocenters. The number of nitrogens with one attached hydrogen (secondary N) is 1. The van der Waals surface area contributed by atoms with Gasteiger partial charge in [0.25, 0.3) is 5.56 Å². The number of benzene rings is 1. The van der Waals surface area contributed by atoms with Crippen molar-refractivity contribution in [1.29, 1.82) is 0 Å². The predicted octanol–water partition coefficient (Wildman–Crippen LogP) is 0.799. The van der Waals surface area contributed by atoms with Crippen LogP contribution in [0.15, 0.2) is 40.2 Å². The van der Waals surface area contributed by atoms with Gasteiger partial charge in [0.05, 0.1) is 12.4 Å². The smallest absolute Gasteiger partial charge is 0.332 e. The standard InChI is InChI=1S/C18H22ClN5O3/c1-11(15(25)12-4-6-13(19)7-5-12)20-8-9-24-10-21-16-14(24)17(26)23(3)18(27)22(16)2/h4-7,10-11,15,20,25H,8-9H2,1-3H3. The van der Waals surface area contributed by atoms with Crippen molar-refractivity contribution in [3.63, 3.8) is 0 Å². The molecule has 0 fully saturated rings. The zero-order valence-electron chi connectivity index (χ0n) is 15.4. The molecular weight excluding hydrogens is 370 g/mol. The molecule has 3 aromatic rings. The number of hydrogen-bond donors (Lipinski definition) is 2. The lowest BCUT2D eigenvalue weighted by Gasteiger charge is -2.21. The van der Waals surface area contributed by atoms with E-state index in [-0.39, 0.29) is 11.6 Å². The SMILES string of the molecule is CC(NCCn1cnc2c1c(=O)n(C)c(=O)n2C)C(O)c1ccc(Cl)cc1. The summed E-state index contributed by atoms with van der Waals surface area (Å²) in [6, 6.07) is 6.86. The number of imidazole rings is 1. The lowest BCUT2D eigenvalue weighted by molar-refractivity contribution is 0.135. The fourth-order valence-electron chi connectivity index (χ4n) is 3.04. The Hall–Kier alpha value is -2.42. The number of aromatic nitrogens is 4. The number of fused-ring (bicyclic) bond motifs is 1. The number of nitrogens with zero attached hydrogens (tertiary/aromatic N) is 4. The molecule has 2 aromatic heterocycles. The van der Waals surface area contributed by atoms with Crippen molar-refractivity contribution in [2.24, 2.45) is 14.1 Å². The number of rotatable bonds is 6. The summed E-state index contributed by atoms with van der Waals surface area (Å²) in [6.45, 7) is 2.87. The van der Waals surface area contributed by atoms with Crippen molar-refractivity contribution in [3.05, 3.63) is 62.0 Å². The van der Waals surface area contributed by atoms with Crippen LogP contribution < -0.4 is 16.6 Å². The van der Waals surface area contributed by atoms with Crippen molar-refractivity contribution in [2.45, 2.75) is 25.6 Å². The first-order chi connectivity index (χ1) is 12.8. The molecule has 3 rings (SSSR count). The van der Waals surface area contributed by atoms with E-state index < -0.39 is 11.8 Å². The highest BCUT2D eigenvalue weighted by molar-refractivity contribution is 6.30. The Morgan fingerprint density at radius 3 is 2.52 bits per heavy atom. The van der Waals surface area contributed by atoms with Gasteiger partial charge in [0, 0.05) is 38.2 Å². The summed E-state index contributed by atoms with van der Waals surface area (Å²) in [5.74, 6) is 0. The molecule has 2 heterocycles. The second kappa shape index (κ2) is 7.67. The molecule has 27 heavy (non-hydrogen) atoms. The van der Waals surface area contributed by atoms with Gasteiger partial charge in [-0.05, 0) is 24.6 Å². The first-order valence-corrected chi connectivity index (χ1v) is 8.97. The molecule has 0 amide bonds. The lowest BCUT2D eigenvalue weighted by atomic mass is 10.0. The van der Waals surface area contributed by atoms with Crippen LogP contribution in [0.25, 0.3) is 11.2 Å². The average Bonchev–Trinajstić information content (AvgIpc) is 3.08. The van der Waals surface area contributed by atoms with Crippen LogP contribution in [0.2, 0.25) is 5.02 Å². The van der Waals surface area contributed by atoms with Gasteiger partial charge in [0.1, 0.15) is 0 Å². The summed E-state index contributed by atoms with van der Waals surface area (Å²) in [5, 5.41) is 14.3. The zero-order valence-corrected chi connectivity index (χ0v) is 16.1. The van der Waals surface area contributed by atoms with E-state index in [4.69, 9.17) is 11.6 Å². The van der Waals surface area contributed by atoms with Crippen LogP contribution in [0, 0.1) is 0 Å². The molecule has 0 spiro atoms. The molecule has 0 saturated heterocycles. The topological polar surface area (TPSA) is 94.1 Å². The van der Waals surface area contributed by atoms with E-state index in [1.165, 1.54) is 11.6 Å². The van der Waals surface area contributed by atoms with Crippen molar-refractivity contribution < 1.29 is 5.11 Å². The Morgan fingerprint density at radius 1 is 1.19 bits per heavy atom. The first kappa shape index (κ1) is 19.3. The minimum Gasteiger partial charge on any atom is -0.387 e. The van der Waals surface area contributed by atoms with Crippen LogP contribution in [0.3, 0.4) is 0 Å². The Kier molecular flexibility index (Phi) is 5.50. The predicted molar refractivity (Wildman–Crippen MR) is 104 cm³/mol. The van der Waals surface area contributed by atoms with Crippen LogP contribution in [0.5, 0.6) is 0 Å². The van der Waals surface area contributed by atoms with Gasteiger partial charge in [-0.15, -0.1) is 0 Å². The second-order valence-corrected chi connectivity index (χ2v) is 6.99. The minimum atomic E-state index is -0.685. The Balaban J connectivity index is 1.71. The van der Waals surface area contributed by atoms with E-state index in [9.17, 15) is 14.7 Å². The van der Waals surface area contributed by atoms with Crippen LogP contribution in [0.4, 0.5) is 0 Å². The molecule has 8 nitrogen and oxygen atoms in total. The zero-order chi connectivity index (χ0) is 19.7. The minimum absolute atomic E-state index is 0.201. The quantitative estimate of drug-likeness (QED) is 0.648. The van der Waals surface area contributed by atoms with Gasteiger partial charge in [0.2, 0.25) is 0 Å². The Labute approximate surface area is 160 Å². The van der Waals surface area contributed by atoms with E-state index in [2.05, 4.69) is 10.3 Å². The molecule has 0 aliphatic heterocycles. The van der Waals surface area contributed by atoms with Crippen molar-refractivity contribution in [2.75, 3.05) is 6.54 Å². The number of aliphatic hydroxyl groups is 1. The summed E-state index contributed by atoms with van der Waals surface area (Å²) in [7, 11) is 3.04. The van der Waals surface area contributed by atoms with Gasteiger partial charge in [0.15, 0.2) is 11.2 Å². The van der Waals surface area contributed by atoms with Crippen molar-refractivity contribution in [3.8, 4) is 0 Å². The first-order valence-electron chi connectivity index (χ1n) is 8.59. The third-order valence-corrected chi connectivity index (χ3v) is 4.97. The highest BCUT2D eigenvalue weighted by atomic mass is 35.5. The fraction of sp³-hybridized carbons (Fsp3) is 0.389. The van der Waals surface area contributed by atoms with Gasteiger partial charge in [-0.25, -0.2) is 9.78 Å². The van der Waals surface area contributed by atoms with Crippen LogP contribution in [-0.4, -0.2) is 36.4 Å². The van der Waals surface area contributed by atoms with E-state index in [1.807, 2.05) is 6.92 Å². The van der Waals surface area contributed by atoms with Gasteiger partial charge in [-0.2, -0.15) is 0 Å². The fourth-order valence-corrected chi connectivity index (χ4v) is 3.17. The van der Waals surface area contributed by atoms with Crippen molar-refractivity contribution in [1.82, 2.24) is 24.0 Å². The molecule has 0 aliphatic carbocycles. The maximum absolute atomic E-state index is 12.4. The average molecular weight is 392 g/mol. The molecule has 0 bridgehead atoms. The summed E-state index contributed by atoms with van der Waals surface area (Å²) >= 11 is 5.87. The molecule has 1 aromatic carbocycles. The van der Waals surface area contributed by atoms with E-state index in [0.29, 0.717) is 29.3 Å². The molecule has 0 radical (unpaired) electrons. The monoisotopic (exact) mass is 391 g/mol. The van der Waals surface area contributed by atoms with E-state index >= 15 is 0 Å². The Bertz CT molecular complexity index is 1070. The summed E-state index contributed by atoms with van der Waals surface area (Å²) < 4.78 is 4.14. The highest BCUT2D eigenvalue weighted by Crippen LogP contribution is 2.19. The molecule has 0 aliphatic rings. The van der Waals surface area contributed by atoms with Crippen LogP contribution in [-0.2, 0) is 20.6 Å². The van der Waals surface area contributed by atoms with E-state index in [1.54, 1.807) is 42.2 Å². The molecule has 0 saturated carbocycles. The van der Waals surface area contributed by atoms with Crippen LogP contribution in [0.1, 0.15) is 18.6 Å². The highest BCUT2D eigenvalue weighted by Gasteiger charge is 2.17. The third kappa shape index (κ3) is 3.69. The van der Waals surface area contributed by atoms with Gasteiger partial charge >= 0.3 is 5.69 Å². The summed E-state index contributed by atoms with van der Waals surface area (Å²) in [6.07, 6.45) is 0.864. The maximum atomic E-state index is 12.4. The molecule has 2 unspecified atom stereocenters. The number of halogens is 1. The number of aryl methyl sites for hydroxylation is 1. The Morgan fingerprint density at radius 2 is 1.85 bits per heavy atom. The molecule has 9 heteroatoms. The van der Waals surface area contributed by atoms with E-state index in [0.717, 1.165) is 10.1 Å². The number of hydrogen-bond acceptors (Lipinski definition) is 5. The van der Waals surface area contributed by atoms with Gasteiger partial charge < -0.3 is 15.0 Å². The van der Waals surface area contributed by atoms with Gasteiger partial charge in [-0.1, -0.05) is 23.7 Å². The van der Waals surface area contributed by atoms with Gasteiger partial charge in [-0.3, -0.25) is 13.9 Å². The second-order valence-electron chi connectivity index (χ2n) is 6.56. The van der Waals surface area contributed by atoms with Crippen molar-refractivity contribution >= 4 is 22.8 Å². The number of aliphatic hydroxyl groups excluding tert-OH is 1. The normalized spacial score (nSPS) is 13.8. The van der Waals surface area contributed by atoms with Crippen LogP contribution >= 0.6 is 11.6 Å². The molecular formula is C18H22ClN5O3. The lowest BCUT2D eigenvalue weighted by Crippen LogP contribution is -2.38. The largest absolute Gasteiger partial charge is 0.387 e. The summed E-state index contributed by atoms with van der Waals surface area (Å²) in [5.41, 5.74) is 0.733.